The number of rotatable bonds is 3. The molecular weight excluding hydrogens is 194 g/mol. The summed E-state index contributed by atoms with van der Waals surface area (Å²) in [7, 11) is 0. The van der Waals surface area contributed by atoms with Crippen LogP contribution in [-0.4, -0.2) is 0 Å². The third kappa shape index (κ3) is 4.89. The molecule has 1 heteroatoms. The highest BCUT2D eigenvalue weighted by atomic mass is 14.6. The maximum atomic E-state index is 5.87. The Balaban J connectivity index is 2.36. The van der Waals surface area contributed by atoms with E-state index in [2.05, 4.69) is 38.7 Å². The van der Waals surface area contributed by atoms with Crippen molar-refractivity contribution in [2.24, 2.45) is 5.41 Å². The van der Waals surface area contributed by atoms with Gasteiger partial charge in [-0.15, -0.1) is 5.92 Å². The summed E-state index contributed by atoms with van der Waals surface area (Å²) in [5, 5.41) is 0. The minimum atomic E-state index is 0.117. The molecular formula is C15H21N. The van der Waals surface area contributed by atoms with Crippen molar-refractivity contribution in [1.29, 1.82) is 0 Å². The molecule has 0 aliphatic carbocycles. The number of anilines is 1. The number of aryl methyl sites for hydroxylation is 1. The van der Waals surface area contributed by atoms with Gasteiger partial charge in [0.05, 0.1) is 0 Å². The summed E-state index contributed by atoms with van der Waals surface area (Å²) in [4.78, 5) is 0. The molecule has 0 atom stereocenters. The highest BCUT2D eigenvalue weighted by molar-refractivity contribution is 5.46. The molecule has 0 amide bonds. The van der Waals surface area contributed by atoms with Crippen molar-refractivity contribution in [2.45, 2.75) is 40.0 Å². The first-order valence-corrected chi connectivity index (χ1v) is 5.82. The van der Waals surface area contributed by atoms with Crippen molar-refractivity contribution in [1.82, 2.24) is 0 Å². The molecule has 0 aliphatic heterocycles. The highest BCUT2D eigenvalue weighted by Gasteiger charge is 2.02. The molecule has 1 aromatic rings. The van der Waals surface area contributed by atoms with Gasteiger partial charge < -0.3 is 5.73 Å². The zero-order valence-corrected chi connectivity index (χ0v) is 10.5. The number of benzene rings is 1. The Labute approximate surface area is 99.1 Å². The van der Waals surface area contributed by atoms with Crippen molar-refractivity contribution in [3.05, 3.63) is 29.8 Å². The van der Waals surface area contributed by atoms with E-state index < -0.39 is 0 Å². The molecule has 1 aromatic carbocycles. The topological polar surface area (TPSA) is 26.0 Å². The van der Waals surface area contributed by atoms with E-state index in [1.165, 1.54) is 5.56 Å². The smallest absolute Gasteiger partial charge is 0.0346 e. The molecule has 16 heavy (non-hydrogen) atoms. The van der Waals surface area contributed by atoms with Crippen molar-refractivity contribution >= 4 is 5.69 Å². The van der Waals surface area contributed by atoms with Gasteiger partial charge in [0.15, 0.2) is 0 Å². The van der Waals surface area contributed by atoms with Crippen LogP contribution in [0.5, 0.6) is 0 Å². The van der Waals surface area contributed by atoms with Crippen LogP contribution in [-0.2, 0) is 6.42 Å². The predicted molar refractivity (Wildman–Crippen MR) is 71.0 cm³/mol. The molecule has 0 saturated carbocycles. The number of hydrogen-bond acceptors (Lipinski definition) is 1. The fourth-order valence-corrected chi connectivity index (χ4v) is 1.46. The van der Waals surface area contributed by atoms with Gasteiger partial charge in [0.2, 0.25) is 0 Å². The molecule has 0 unspecified atom stereocenters. The molecule has 1 rings (SSSR count). The summed E-state index contributed by atoms with van der Waals surface area (Å²) in [6.45, 7) is 6.40. The van der Waals surface area contributed by atoms with Crippen LogP contribution in [0, 0.1) is 17.3 Å². The van der Waals surface area contributed by atoms with E-state index in [1.807, 2.05) is 18.2 Å². The van der Waals surface area contributed by atoms with Crippen molar-refractivity contribution in [2.75, 3.05) is 5.73 Å². The molecule has 2 N–H and O–H groups in total. The largest absolute Gasteiger partial charge is 0.399 e. The summed E-state index contributed by atoms with van der Waals surface area (Å²) >= 11 is 0. The Morgan fingerprint density at radius 3 is 2.50 bits per heavy atom. The summed E-state index contributed by atoms with van der Waals surface area (Å²) in [5.41, 5.74) is 8.12. The van der Waals surface area contributed by atoms with Gasteiger partial charge in [-0.25, -0.2) is 0 Å². The van der Waals surface area contributed by atoms with Gasteiger partial charge in [0.1, 0.15) is 0 Å². The highest BCUT2D eigenvalue weighted by Crippen LogP contribution is 2.14. The van der Waals surface area contributed by atoms with Crippen molar-refractivity contribution in [3.63, 3.8) is 0 Å². The van der Waals surface area contributed by atoms with Gasteiger partial charge in [-0.3, -0.25) is 0 Å². The lowest BCUT2D eigenvalue weighted by molar-refractivity contribution is 0.570. The van der Waals surface area contributed by atoms with Crippen molar-refractivity contribution < 1.29 is 0 Å². The maximum Gasteiger partial charge on any atom is 0.0346 e. The maximum absolute atomic E-state index is 5.87. The average molecular weight is 215 g/mol. The average Bonchev–Trinajstić information content (AvgIpc) is 2.18. The first kappa shape index (κ1) is 12.6. The van der Waals surface area contributed by atoms with Gasteiger partial charge in [-0.05, 0) is 45.2 Å². The summed E-state index contributed by atoms with van der Waals surface area (Å²) < 4.78 is 0. The van der Waals surface area contributed by atoms with Crippen LogP contribution >= 0.6 is 0 Å². The third-order valence-corrected chi connectivity index (χ3v) is 2.27. The SMILES string of the molecule is CC(C)(C)C#CCCCc1ccccc1N. The number of para-hydroxylation sites is 1. The Bertz CT molecular complexity index is 388. The van der Waals surface area contributed by atoms with Crippen LogP contribution in [0.25, 0.3) is 0 Å². The normalized spacial score (nSPS) is 10.7. The minimum absolute atomic E-state index is 0.117. The standard InChI is InChI=1S/C15H21N/c1-15(2,3)12-8-4-5-9-13-10-6-7-11-14(13)16/h6-7,10-11H,4-5,9,16H2,1-3H3. The molecule has 0 radical (unpaired) electrons. The molecule has 0 spiro atoms. The summed E-state index contributed by atoms with van der Waals surface area (Å²) in [6.07, 6.45) is 3.05. The fourth-order valence-electron chi connectivity index (χ4n) is 1.46. The Morgan fingerprint density at radius 1 is 1.19 bits per heavy atom. The Hall–Kier alpha value is -1.42. The number of nitrogen functional groups attached to an aromatic ring is 1. The Kier molecular flexibility index (Phi) is 4.43. The monoisotopic (exact) mass is 215 g/mol. The lowest BCUT2D eigenvalue weighted by atomic mass is 9.97. The molecule has 0 heterocycles. The van der Waals surface area contributed by atoms with Gasteiger partial charge in [0, 0.05) is 17.5 Å². The summed E-state index contributed by atoms with van der Waals surface area (Å²) in [6, 6.07) is 8.05. The molecule has 0 aromatic heterocycles. The number of unbranched alkanes of at least 4 members (excludes halogenated alkanes) is 1. The van der Waals surface area contributed by atoms with Crippen LogP contribution < -0.4 is 5.73 Å². The zero-order valence-electron chi connectivity index (χ0n) is 10.5. The molecule has 1 nitrogen and oxygen atoms in total. The van der Waals surface area contributed by atoms with E-state index >= 15 is 0 Å². The van der Waals surface area contributed by atoms with E-state index in [0.29, 0.717) is 0 Å². The molecule has 0 fully saturated rings. The van der Waals surface area contributed by atoms with E-state index in [-0.39, 0.29) is 5.41 Å². The van der Waals surface area contributed by atoms with Crippen LogP contribution in [0.15, 0.2) is 24.3 Å². The molecule has 0 aliphatic rings. The first-order chi connectivity index (χ1) is 7.49. The zero-order chi connectivity index (χ0) is 12.0. The van der Waals surface area contributed by atoms with Gasteiger partial charge >= 0.3 is 0 Å². The first-order valence-electron chi connectivity index (χ1n) is 5.82. The molecule has 86 valence electrons. The number of nitrogens with two attached hydrogens (primary N) is 1. The minimum Gasteiger partial charge on any atom is -0.399 e. The van der Waals surface area contributed by atoms with Crippen LogP contribution in [0.4, 0.5) is 5.69 Å². The molecule has 0 bridgehead atoms. The number of hydrogen-bond donors (Lipinski definition) is 1. The van der Waals surface area contributed by atoms with E-state index in [1.54, 1.807) is 0 Å². The lowest BCUT2D eigenvalue weighted by Gasteiger charge is -2.07. The summed E-state index contributed by atoms with van der Waals surface area (Å²) in [5.74, 6) is 6.47. The second-order valence-corrected chi connectivity index (χ2v) is 5.10. The van der Waals surface area contributed by atoms with Crippen LogP contribution in [0.3, 0.4) is 0 Å². The quantitative estimate of drug-likeness (QED) is 0.465. The fraction of sp³-hybridized carbons (Fsp3) is 0.467. The molecule has 0 saturated heterocycles. The lowest BCUT2D eigenvalue weighted by Crippen LogP contribution is -1.99. The predicted octanol–water partition coefficient (Wildman–Crippen LogP) is 3.64. The van der Waals surface area contributed by atoms with Gasteiger partial charge in [-0.2, -0.15) is 0 Å². The van der Waals surface area contributed by atoms with E-state index in [0.717, 1.165) is 24.9 Å². The van der Waals surface area contributed by atoms with Crippen LogP contribution in [0.2, 0.25) is 0 Å². The van der Waals surface area contributed by atoms with E-state index in [4.69, 9.17) is 5.73 Å². The van der Waals surface area contributed by atoms with Gasteiger partial charge in [-0.1, -0.05) is 24.1 Å². The van der Waals surface area contributed by atoms with Crippen molar-refractivity contribution in [3.8, 4) is 11.8 Å². The van der Waals surface area contributed by atoms with Crippen LogP contribution in [0.1, 0.15) is 39.2 Å². The third-order valence-electron chi connectivity index (χ3n) is 2.27. The Morgan fingerprint density at radius 2 is 1.88 bits per heavy atom. The second kappa shape index (κ2) is 5.61. The second-order valence-electron chi connectivity index (χ2n) is 5.10. The van der Waals surface area contributed by atoms with E-state index in [9.17, 15) is 0 Å². The van der Waals surface area contributed by atoms with Gasteiger partial charge in [0.25, 0.3) is 0 Å².